The van der Waals surface area contributed by atoms with Gasteiger partial charge in [0, 0.05) is 16.9 Å². The predicted molar refractivity (Wildman–Crippen MR) is 110 cm³/mol. The molecule has 4 rings (SSSR count). The van der Waals surface area contributed by atoms with Gasteiger partial charge >= 0.3 is 0 Å². The maximum absolute atomic E-state index is 12.5. The third kappa shape index (κ3) is 4.38. The van der Waals surface area contributed by atoms with Gasteiger partial charge in [0.05, 0.1) is 6.42 Å². The molecule has 0 bridgehead atoms. The number of hydrogen-bond donors (Lipinski definition) is 2. The van der Waals surface area contributed by atoms with Crippen molar-refractivity contribution in [2.24, 2.45) is 0 Å². The van der Waals surface area contributed by atoms with Gasteiger partial charge in [-0.1, -0.05) is 30.3 Å². The molecule has 0 aromatic heterocycles. The van der Waals surface area contributed by atoms with Gasteiger partial charge < -0.3 is 20.1 Å². The molecule has 3 aromatic rings. The number of benzene rings is 3. The first-order valence-corrected chi connectivity index (χ1v) is 9.24. The van der Waals surface area contributed by atoms with Crippen molar-refractivity contribution in [2.45, 2.75) is 13.3 Å². The first-order chi connectivity index (χ1) is 14.1. The van der Waals surface area contributed by atoms with Crippen LogP contribution < -0.4 is 20.1 Å². The lowest BCUT2D eigenvalue weighted by molar-refractivity contribution is -0.115. The first-order valence-electron chi connectivity index (χ1n) is 9.24. The van der Waals surface area contributed by atoms with Crippen LogP contribution in [-0.2, 0) is 11.2 Å². The average Bonchev–Trinajstić information content (AvgIpc) is 3.18. The predicted octanol–water partition coefficient (Wildman–Crippen LogP) is 4.16. The number of fused-ring (bicyclic) bond motifs is 1. The van der Waals surface area contributed by atoms with Gasteiger partial charge in [-0.3, -0.25) is 9.59 Å². The number of aryl methyl sites for hydroxylation is 1. The van der Waals surface area contributed by atoms with Crippen molar-refractivity contribution in [3.63, 3.8) is 0 Å². The van der Waals surface area contributed by atoms with Crippen LogP contribution in [0, 0.1) is 6.92 Å². The van der Waals surface area contributed by atoms with Gasteiger partial charge in [0.25, 0.3) is 5.91 Å². The number of carbonyl (C=O) groups excluding carboxylic acids is 2. The van der Waals surface area contributed by atoms with E-state index in [0.29, 0.717) is 34.9 Å². The van der Waals surface area contributed by atoms with Crippen LogP contribution in [0.2, 0.25) is 0 Å². The fourth-order valence-electron chi connectivity index (χ4n) is 3.10. The van der Waals surface area contributed by atoms with Crippen LogP contribution in [0.1, 0.15) is 21.5 Å². The molecule has 2 N–H and O–H groups in total. The summed E-state index contributed by atoms with van der Waals surface area (Å²) in [4.78, 5) is 24.9. The molecule has 1 aliphatic heterocycles. The van der Waals surface area contributed by atoms with E-state index in [4.69, 9.17) is 9.47 Å². The monoisotopic (exact) mass is 388 g/mol. The highest BCUT2D eigenvalue weighted by atomic mass is 16.7. The molecule has 1 heterocycles. The van der Waals surface area contributed by atoms with Crippen molar-refractivity contribution >= 4 is 23.2 Å². The fraction of sp³-hybridized carbons (Fsp3) is 0.130. The Bertz CT molecular complexity index is 1080. The molecule has 0 saturated heterocycles. The molecular weight excluding hydrogens is 368 g/mol. The molecular formula is C23H20N2O4. The molecule has 2 amide bonds. The Morgan fingerprint density at radius 1 is 0.862 bits per heavy atom. The summed E-state index contributed by atoms with van der Waals surface area (Å²) in [6.45, 7) is 2.14. The summed E-state index contributed by atoms with van der Waals surface area (Å²) in [6.07, 6.45) is 0.292. The number of nitrogens with one attached hydrogen (secondary N) is 2. The molecule has 0 unspecified atom stereocenters. The Kier molecular flexibility index (Phi) is 5.16. The van der Waals surface area contributed by atoms with E-state index in [9.17, 15) is 9.59 Å². The average molecular weight is 388 g/mol. The first kappa shape index (κ1) is 18.6. The SMILES string of the molecule is Cc1ccccc1CC(=O)Nc1cccc(NC(=O)c2ccc3c(c2)OCO3)c1. The van der Waals surface area contributed by atoms with Crippen LogP contribution in [-0.4, -0.2) is 18.6 Å². The zero-order chi connectivity index (χ0) is 20.2. The minimum atomic E-state index is -0.272. The molecule has 146 valence electrons. The maximum atomic E-state index is 12.5. The second-order valence-corrected chi connectivity index (χ2v) is 6.75. The van der Waals surface area contributed by atoms with Gasteiger partial charge in [0.2, 0.25) is 12.7 Å². The van der Waals surface area contributed by atoms with Crippen molar-refractivity contribution in [3.05, 3.63) is 83.4 Å². The highest BCUT2D eigenvalue weighted by molar-refractivity contribution is 6.05. The van der Waals surface area contributed by atoms with Crippen molar-refractivity contribution < 1.29 is 19.1 Å². The summed E-state index contributed by atoms with van der Waals surface area (Å²) in [5.74, 6) is 0.792. The topological polar surface area (TPSA) is 76.7 Å². The Morgan fingerprint density at radius 2 is 1.62 bits per heavy atom. The van der Waals surface area contributed by atoms with Gasteiger partial charge in [0.1, 0.15) is 0 Å². The van der Waals surface area contributed by atoms with Gasteiger partial charge in [0.15, 0.2) is 11.5 Å². The van der Waals surface area contributed by atoms with Crippen LogP contribution in [0.3, 0.4) is 0 Å². The third-order valence-corrected chi connectivity index (χ3v) is 4.65. The molecule has 0 saturated carbocycles. The van der Waals surface area contributed by atoms with Crippen LogP contribution in [0.15, 0.2) is 66.7 Å². The van der Waals surface area contributed by atoms with E-state index in [-0.39, 0.29) is 18.6 Å². The summed E-state index contributed by atoms with van der Waals surface area (Å²) in [5.41, 5.74) is 3.72. The minimum absolute atomic E-state index is 0.112. The second-order valence-electron chi connectivity index (χ2n) is 6.75. The second kappa shape index (κ2) is 8.06. The van der Waals surface area contributed by atoms with E-state index in [0.717, 1.165) is 11.1 Å². The van der Waals surface area contributed by atoms with Crippen molar-refractivity contribution in [1.82, 2.24) is 0 Å². The van der Waals surface area contributed by atoms with Crippen molar-refractivity contribution in [2.75, 3.05) is 17.4 Å². The van der Waals surface area contributed by atoms with Crippen LogP contribution >= 0.6 is 0 Å². The van der Waals surface area contributed by atoms with E-state index < -0.39 is 0 Å². The maximum Gasteiger partial charge on any atom is 0.255 e. The van der Waals surface area contributed by atoms with Crippen LogP contribution in [0.5, 0.6) is 11.5 Å². The van der Waals surface area contributed by atoms with Gasteiger partial charge in [-0.2, -0.15) is 0 Å². The number of amides is 2. The van der Waals surface area contributed by atoms with Crippen molar-refractivity contribution in [3.8, 4) is 11.5 Å². The Morgan fingerprint density at radius 3 is 2.45 bits per heavy atom. The van der Waals surface area contributed by atoms with Crippen molar-refractivity contribution in [1.29, 1.82) is 0 Å². The molecule has 1 aliphatic rings. The van der Waals surface area contributed by atoms with Crippen LogP contribution in [0.25, 0.3) is 0 Å². The molecule has 0 radical (unpaired) electrons. The molecule has 29 heavy (non-hydrogen) atoms. The summed E-state index contributed by atoms with van der Waals surface area (Å²) < 4.78 is 10.6. The Balaban J connectivity index is 1.41. The normalized spacial score (nSPS) is 11.8. The van der Waals surface area contributed by atoms with Gasteiger partial charge in [-0.25, -0.2) is 0 Å². The van der Waals surface area contributed by atoms with Gasteiger partial charge in [-0.15, -0.1) is 0 Å². The molecule has 3 aromatic carbocycles. The Labute approximate surface area is 168 Å². The van der Waals surface area contributed by atoms with Crippen LogP contribution in [0.4, 0.5) is 11.4 Å². The quantitative estimate of drug-likeness (QED) is 0.688. The molecule has 6 heteroatoms. The molecule has 0 spiro atoms. The van der Waals surface area contributed by atoms with E-state index >= 15 is 0 Å². The Hall–Kier alpha value is -3.80. The zero-order valence-electron chi connectivity index (χ0n) is 15.9. The molecule has 0 atom stereocenters. The zero-order valence-corrected chi connectivity index (χ0v) is 15.9. The lowest BCUT2D eigenvalue weighted by Crippen LogP contribution is -2.16. The number of ether oxygens (including phenoxy) is 2. The highest BCUT2D eigenvalue weighted by Gasteiger charge is 2.16. The standard InChI is InChI=1S/C23H20N2O4/c1-15-5-2-3-6-16(15)12-22(26)24-18-7-4-8-19(13-18)25-23(27)17-9-10-20-21(11-17)29-14-28-20/h2-11,13H,12,14H2,1H3,(H,24,26)(H,25,27). The minimum Gasteiger partial charge on any atom is -0.454 e. The van der Waals surface area contributed by atoms with E-state index in [2.05, 4.69) is 10.6 Å². The number of anilines is 2. The molecule has 6 nitrogen and oxygen atoms in total. The highest BCUT2D eigenvalue weighted by Crippen LogP contribution is 2.32. The fourth-order valence-corrected chi connectivity index (χ4v) is 3.10. The smallest absolute Gasteiger partial charge is 0.255 e. The van der Waals surface area contributed by atoms with E-state index in [1.165, 1.54) is 0 Å². The number of rotatable bonds is 5. The van der Waals surface area contributed by atoms with E-state index in [1.54, 1.807) is 42.5 Å². The summed E-state index contributed by atoms with van der Waals surface area (Å²) in [6, 6.07) is 19.9. The summed E-state index contributed by atoms with van der Waals surface area (Å²) in [5, 5.41) is 5.71. The largest absolute Gasteiger partial charge is 0.454 e. The van der Waals surface area contributed by atoms with Gasteiger partial charge in [-0.05, 0) is 54.4 Å². The summed E-state index contributed by atoms with van der Waals surface area (Å²) in [7, 11) is 0. The lowest BCUT2D eigenvalue weighted by Gasteiger charge is -2.10. The molecule has 0 aliphatic carbocycles. The summed E-state index contributed by atoms with van der Waals surface area (Å²) >= 11 is 0. The van der Waals surface area contributed by atoms with E-state index in [1.807, 2.05) is 31.2 Å². The number of carbonyl (C=O) groups is 2. The number of hydrogen-bond acceptors (Lipinski definition) is 4. The lowest BCUT2D eigenvalue weighted by atomic mass is 10.1. The third-order valence-electron chi connectivity index (χ3n) is 4.65. The molecule has 0 fully saturated rings.